The number of methoxy groups -OCH3 is 1. The fourth-order valence-corrected chi connectivity index (χ4v) is 3.35. The molecule has 1 saturated carbocycles. The van der Waals surface area contributed by atoms with E-state index in [9.17, 15) is 9.90 Å². The molecule has 0 bridgehead atoms. The Morgan fingerprint density at radius 1 is 1.58 bits per heavy atom. The molecular weight excluding hydrogens is 268 g/mol. The third-order valence-electron chi connectivity index (χ3n) is 4.17. The van der Waals surface area contributed by atoms with Crippen LogP contribution in [0.4, 0.5) is 0 Å². The van der Waals surface area contributed by atoms with Crippen LogP contribution in [0.5, 0.6) is 0 Å². The molecule has 1 aliphatic rings. The van der Waals surface area contributed by atoms with Gasteiger partial charge in [0.25, 0.3) is 0 Å². The van der Waals surface area contributed by atoms with E-state index >= 15 is 0 Å². The van der Waals surface area contributed by atoms with E-state index in [0.29, 0.717) is 12.0 Å². The smallest absolute Gasteiger partial charge is 0.333 e. The van der Waals surface area contributed by atoms with Crippen LogP contribution in [-0.4, -0.2) is 36.5 Å². The van der Waals surface area contributed by atoms with Crippen LogP contribution in [0.25, 0.3) is 0 Å². The van der Waals surface area contributed by atoms with Gasteiger partial charge in [0, 0.05) is 5.57 Å². The monoisotopic (exact) mass is 290 g/mol. The van der Waals surface area contributed by atoms with Crippen molar-refractivity contribution >= 4 is 17.6 Å². The van der Waals surface area contributed by atoms with Crippen molar-refractivity contribution in [3.8, 4) is 0 Å². The van der Waals surface area contributed by atoms with Gasteiger partial charge >= 0.3 is 5.97 Å². The van der Waals surface area contributed by atoms with Crippen molar-refractivity contribution in [2.75, 3.05) is 13.2 Å². The van der Waals surface area contributed by atoms with Crippen LogP contribution in [0.15, 0.2) is 11.6 Å². The van der Waals surface area contributed by atoms with Crippen molar-refractivity contribution in [3.05, 3.63) is 11.6 Å². The number of allylic oxidation sites excluding steroid dienone is 1. The molecule has 1 fully saturated rings. The van der Waals surface area contributed by atoms with Crippen molar-refractivity contribution in [1.82, 2.24) is 0 Å². The second-order valence-electron chi connectivity index (χ2n) is 5.06. The van der Waals surface area contributed by atoms with Crippen LogP contribution in [0, 0.1) is 17.8 Å². The predicted molar refractivity (Wildman–Crippen MR) is 73.8 cm³/mol. The van der Waals surface area contributed by atoms with Crippen molar-refractivity contribution in [3.63, 3.8) is 0 Å². The van der Waals surface area contributed by atoms with Gasteiger partial charge in [0.15, 0.2) is 0 Å². The number of carbonyl (C=O) groups is 1. The van der Waals surface area contributed by atoms with E-state index in [1.165, 1.54) is 7.11 Å². The summed E-state index contributed by atoms with van der Waals surface area (Å²) in [7, 11) is 1.37. The maximum atomic E-state index is 11.8. The largest absolute Gasteiger partial charge is 0.466 e. The van der Waals surface area contributed by atoms with Crippen molar-refractivity contribution in [2.45, 2.75) is 39.4 Å². The highest BCUT2D eigenvalue weighted by molar-refractivity contribution is 6.17. The van der Waals surface area contributed by atoms with Crippen LogP contribution in [0.1, 0.15) is 27.2 Å². The maximum Gasteiger partial charge on any atom is 0.333 e. The van der Waals surface area contributed by atoms with Crippen LogP contribution >= 0.6 is 11.6 Å². The van der Waals surface area contributed by atoms with Gasteiger partial charge in [-0.2, -0.15) is 0 Å². The van der Waals surface area contributed by atoms with Gasteiger partial charge in [0.05, 0.1) is 19.3 Å². The van der Waals surface area contributed by atoms with E-state index < -0.39 is 6.10 Å². The normalized spacial score (nSPS) is 33.3. The van der Waals surface area contributed by atoms with E-state index in [1.54, 1.807) is 6.08 Å². The summed E-state index contributed by atoms with van der Waals surface area (Å²) in [6, 6.07) is 0.108. The summed E-state index contributed by atoms with van der Waals surface area (Å²) < 4.78 is 10.3. The summed E-state index contributed by atoms with van der Waals surface area (Å²) in [5, 5.41) is 10.1. The molecule has 5 heteroatoms. The average molecular weight is 291 g/mol. The highest BCUT2D eigenvalue weighted by atomic mass is 35.5. The molecule has 19 heavy (non-hydrogen) atoms. The van der Waals surface area contributed by atoms with E-state index in [-0.39, 0.29) is 35.9 Å². The van der Waals surface area contributed by atoms with Gasteiger partial charge in [-0.3, -0.25) is 0 Å². The number of carbonyl (C=O) groups excluding carboxylic acids is 1. The Hall–Kier alpha value is -0.580. The van der Waals surface area contributed by atoms with Gasteiger partial charge in [0.1, 0.15) is 6.07 Å². The first-order chi connectivity index (χ1) is 8.97. The first-order valence-corrected chi connectivity index (χ1v) is 7.11. The van der Waals surface area contributed by atoms with Gasteiger partial charge < -0.3 is 14.6 Å². The number of esters is 1. The minimum atomic E-state index is -0.434. The lowest BCUT2D eigenvalue weighted by molar-refractivity contribution is -0.137. The molecule has 0 heterocycles. The summed E-state index contributed by atoms with van der Waals surface area (Å²) in [5.74, 6) is -0.278. The third kappa shape index (κ3) is 3.50. The minimum absolute atomic E-state index is 0.0547. The fourth-order valence-electron chi connectivity index (χ4n) is 3.16. The molecule has 0 unspecified atom stereocenters. The molecule has 5 atom stereocenters. The predicted octanol–water partition coefficient (Wildman–Crippen LogP) is 2.34. The van der Waals surface area contributed by atoms with E-state index in [2.05, 4.69) is 0 Å². The molecule has 0 saturated heterocycles. The molecule has 0 amide bonds. The lowest BCUT2D eigenvalue weighted by Crippen LogP contribution is -2.31. The summed E-state index contributed by atoms with van der Waals surface area (Å²) in [5.41, 5.74) is 0.612. The fraction of sp³-hybridized carbons (Fsp3) is 0.786. The highest BCUT2D eigenvalue weighted by Gasteiger charge is 2.45. The molecule has 0 aliphatic heterocycles. The molecule has 1 N–H and O–H groups in total. The second-order valence-corrected chi connectivity index (χ2v) is 5.28. The van der Waals surface area contributed by atoms with Crippen LogP contribution < -0.4 is 0 Å². The lowest BCUT2D eigenvalue weighted by Gasteiger charge is -2.29. The number of ether oxygens (including phenoxy) is 2. The van der Waals surface area contributed by atoms with Crippen molar-refractivity contribution < 1.29 is 19.4 Å². The SMILES string of the molecule is C/C=C(/C(=O)OC)[C@H]1C[C@H](O)[C@H](C)[C@H]1[C@@H](C)OCCl. The van der Waals surface area contributed by atoms with E-state index in [4.69, 9.17) is 21.1 Å². The number of alkyl halides is 1. The van der Waals surface area contributed by atoms with Crippen LogP contribution in [0.3, 0.4) is 0 Å². The molecule has 0 aromatic carbocycles. The number of halogens is 1. The first kappa shape index (κ1) is 16.5. The van der Waals surface area contributed by atoms with E-state index in [0.717, 1.165) is 0 Å². The van der Waals surface area contributed by atoms with Crippen molar-refractivity contribution in [2.24, 2.45) is 17.8 Å². The lowest BCUT2D eigenvalue weighted by atomic mass is 9.81. The molecule has 1 aliphatic carbocycles. The average Bonchev–Trinajstić information content (AvgIpc) is 2.66. The zero-order valence-corrected chi connectivity index (χ0v) is 12.7. The summed E-state index contributed by atoms with van der Waals surface area (Å²) in [4.78, 5) is 11.8. The minimum Gasteiger partial charge on any atom is -0.466 e. The Labute approximate surface area is 119 Å². The van der Waals surface area contributed by atoms with Gasteiger partial charge in [-0.1, -0.05) is 24.6 Å². The number of aliphatic hydroxyl groups is 1. The molecule has 0 spiro atoms. The van der Waals surface area contributed by atoms with Gasteiger partial charge in [-0.15, -0.1) is 0 Å². The summed E-state index contributed by atoms with van der Waals surface area (Å²) >= 11 is 5.62. The summed E-state index contributed by atoms with van der Waals surface area (Å²) in [6.07, 6.45) is 1.77. The summed E-state index contributed by atoms with van der Waals surface area (Å²) in [6.45, 7) is 5.72. The highest BCUT2D eigenvalue weighted by Crippen LogP contribution is 2.44. The molecule has 4 nitrogen and oxygen atoms in total. The van der Waals surface area contributed by atoms with E-state index in [1.807, 2.05) is 20.8 Å². The van der Waals surface area contributed by atoms with Crippen LogP contribution in [0.2, 0.25) is 0 Å². The zero-order chi connectivity index (χ0) is 14.6. The maximum absolute atomic E-state index is 11.8. The Bertz CT molecular complexity index is 342. The van der Waals surface area contributed by atoms with Gasteiger partial charge in [0.2, 0.25) is 0 Å². The molecule has 110 valence electrons. The zero-order valence-electron chi connectivity index (χ0n) is 11.9. The van der Waals surface area contributed by atoms with Crippen molar-refractivity contribution in [1.29, 1.82) is 0 Å². The molecule has 0 radical (unpaired) electrons. The topological polar surface area (TPSA) is 55.8 Å². The van der Waals surface area contributed by atoms with Gasteiger partial charge in [-0.05, 0) is 38.0 Å². The molecular formula is C14H23ClO4. The van der Waals surface area contributed by atoms with Gasteiger partial charge in [-0.25, -0.2) is 4.79 Å². The first-order valence-electron chi connectivity index (χ1n) is 6.58. The Kier molecular flexibility index (Phi) is 6.30. The Morgan fingerprint density at radius 2 is 2.21 bits per heavy atom. The third-order valence-corrected chi connectivity index (χ3v) is 4.30. The molecule has 1 rings (SSSR count). The number of aliphatic hydroxyl groups excluding tert-OH is 1. The Morgan fingerprint density at radius 3 is 2.68 bits per heavy atom. The molecule has 0 aromatic heterocycles. The number of hydrogen-bond acceptors (Lipinski definition) is 4. The second kappa shape index (κ2) is 7.27. The molecule has 0 aromatic rings. The number of hydrogen-bond donors (Lipinski definition) is 1. The quantitative estimate of drug-likeness (QED) is 0.480. The number of rotatable bonds is 5. The van der Waals surface area contributed by atoms with Crippen LogP contribution in [-0.2, 0) is 14.3 Å². The standard InChI is InChI=1S/C14H23ClO4/c1-5-10(14(17)18-4)11-6-12(16)8(2)13(11)9(3)19-7-15/h5,8-9,11-13,16H,6-7H2,1-4H3/b10-5+/t8-,9+,11+,12-,13-/m0/s1. The Balaban J connectivity index is 2.99.